The van der Waals surface area contributed by atoms with Crippen molar-refractivity contribution in [3.05, 3.63) is 35.4 Å². The Morgan fingerprint density at radius 3 is 2.38 bits per heavy atom. The fourth-order valence-corrected chi connectivity index (χ4v) is 4.85. The number of rotatable bonds is 4. The largest absolute Gasteiger partial charge is 0.313 e. The second kappa shape index (κ2) is 6.96. The Morgan fingerprint density at radius 2 is 1.71 bits per heavy atom. The van der Waals surface area contributed by atoms with E-state index in [1.807, 2.05) is 0 Å². The van der Waals surface area contributed by atoms with E-state index in [1.54, 1.807) is 0 Å². The van der Waals surface area contributed by atoms with Gasteiger partial charge in [0.05, 0.1) is 0 Å². The summed E-state index contributed by atoms with van der Waals surface area (Å²) in [5, 5.41) is 3.62. The third-order valence-corrected chi connectivity index (χ3v) is 6.11. The summed E-state index contributed by atoms with van der Waals surface area (Å²) in [6, 6.07) is 9.89. The van der Waals surface area contributed by atoms with Crippen LogP contribution in [0.4, 0.5) is 0 Å². The Labute approximate surface area is 130 Å². The fraction of sp³-hybridized carbons (Fsp3) is 0.700. The molecule has 0 spiro atoms. The molecule has 2 aliphatic rings. The van der Waals surface area contributed by atoms with Crippen molar-refractivity contribution in [2.24, 2.45) is 17.8 Å². The molecule has 2 aliphatic carbocycles. The van der Waals surface area contributed by atoms with E-state index in [2.05, 4.69) is 43.6 Å². The van der Waals surface area contributed by atoms with Crippen LogP contribution >= 0.6 is 0 Å². The SMILES string of the molecule is CCc1ccc(C(NC)C2CCC3CCCCC3C2)cc1. The summed E-state index contributed by atoms with van der Waals surface area (Å²) in [6.07, 6.45) is 11.4. The van der Waals surface area contributed by atoms with Crippen molar-refractivity contribution in [1.29, 1.82) is 0 Å². The van der Waals surface area contributed by atoms with Gasteiger partial charge in [-0.25, -0.2) is 0 Å². The van der Waals surface area contributed by atoms with Crippen LogP contribution in [0.3, 0.4) is 0 Å². The zero-order valence-electron chi connectivity index (χ0n) is 13.8. The van der Waals surface area contributed by atoms with Crippen LogP contribution in [0.1, 0.15) is 69.0 Å². The van der Waals surface area contributed by atoms with Gasteiger partial charge in [-0.1, -0.05) is 56.9 Å². The summed E-state index contributed by atoms with van der Waals surface area (Å²) in [4.78, 5) is 0. The number of fused-ring (bicyclic) bond motifs is 1. The van der Waals surface area contributed by atoms with E-state index in [1.165, 1.54) is 56.1 Å². The van der Waals surface area contributed by atoms with Crippen molar-refractivity contribution in [1.82, 2.24) is 5.32 Å². The molecule has 0 radical (unpaired) electrons. The molecule has 1 heteroatoms. The molecule has 2 fully saturated rings. The van der Waals surface area contributed by atoms with E-state index >= 15 is 0 Å². The van der Waals surface area contributed by atoms with Crippen LogP contribution in [-0.4, -0.2) is 7.05 Å². The number of hydrogen-bond donors (Lipinski definition) is 1. The molecular weight excluding hydrogens is 254 g/mol. The highest BCUT2D eigenvalue weighted by Gasteiger charge is 2.35. The van der Waals surface area contributed by atoms with E-state index in [4.69, 9.17) is 0 Å². The minimum atomic E-state index is 0.554. The lowest BCUT2D eigenvalue weighted by Gasteiger charge is -2.42. The maximum absolute atomic E-state index is 3.62. The van der Waals surface area contributed by atoms with Gasteiger partial charge in [-0.15, -0.1) is 0 Å². The molecule has 4 atom stereocenters. The van der Waals surface area contributed by atoms with Crippen LogP contribution in [0.2, 0.25) is 0 Å². The molecule has 0 heterocycles. The van der Waals surface area contributed by atoms with Crippen molar-refractivity contribution >= 4 is 0 Å². The van der Waals surface area contributed by atoms with Crippen molar-refractivity contribution in [2.75, 3.05) is 7.05 Å². The molecule has 0 bridgehead atoms. The molecule has 1 aromatic carbocycles. The van der Waals surface area contributed by atoms with Gasteiger partial charge >= 0.3 is 0 Å². The van der Waals surface area contributed by atoms with Crippen LogP contribution in [0.25, 0.3) is 0 Å². The number of benzene rings is 1. The smallest absolute Gasteiger partial charge is 0.0346 e. The Hall–Kier alpha value is -0.820. The Bertz CT molecular complexity index is 436. The van der Waals surface area contributed by atoms with Crippen molar-refractivity contribution in [3.63, 3.8) is 0 Å². The summed E-state index contributed by atoms with van der Waals surface area (Å²) in [5.41, 5.74) is 2.94. The third kappa shape index (κ3) is 3.34. The lowest BCUT2D eigenvalue weighted by atomic mass is 9.65. The first-order valence-corrected chi connectivity index (χ1v) is 9.08. The number of aryl methyl sites for hydroxylation is 1. The van der Waals surface area contributed by atoms with Crippen molar-refractivity contribution in [2.45, 2.75) is 64.3 Å². The quantitative estimate of drug-likeness (QED) is 0.810. The minimum Gasteiger partial charge on any atom is -0.313 e. The standard InChI is InChI=1S/C20H31N/c1-3-15-8-10-17(11-9-15)20(21-2)19-13-12-16-6-4-5-7-18(16)14-19/h8-11,16,18-21H,3-7,12-14H2,1-2H3. The molecule has 116 valence electrons. The minimum absolute atomic E-state index is 0.554. The molecule has 3 rings (SSSR count). The van der Waals surface area contributed by atoms with Gasteiger partial charge in [-0.05, 0) is 61.6 Å². The van der Waals surface area contributed by atoms with Crippen LogP contribution in [0, 0.1) is 17.8 Å². The van der Waals surface area contributed by atoms with Gasteiger partial charge in [0.25, 0.3) is 0 Å². The monoisotopic (exact) mass is 285 g/mol. The zero-order chi connectivity index (χ0) is 14.7. The Balaban J connectivity index is 1.70. The Morgan fingerprint density at radius 1 is 1.00 bits per heavy atom. The van der Waals surface area contributed by atoms with E-state index in [0.717, 1.165) is 24.2 Å². The molecule has 21 heavy (non-hydrogen) atoms. The first-order valence-electron chi connectivity index (χ1n) is 9.08. The van der Waals surface area contributed by atoms with Crippen molar-refractivity contribution in [3.8, 4) is 0 Å². The van der Waals surface area contributed by atoms with Crippen molar-refractivity contribution < 1.29 is 0 Å². The average Bonchev–Trinajstić information content (AvgIpc) is 2.56. The number of hydrogen-bond acceptors (Lipinski definition) is 1. The average molecular weight is 285 g/mol. The molecule has 1 N–H and O–H groups in total. The predicted molar refractivity (Wildman–Crippen MR) is 90.4 cm³/mol. The maximum Gasteiger partial charge on any atom is 0.0346 e. The topological polar surface area (TPSA) is 12.0 Å². The maximum atomic E-state index is 3.62. The van der Waals surface area contributed by atoms with Crippen LogP contribution in [0.15, 0.2) is 24.3 Å². The second-order valence-corrected chi connectivity index (χ2v) is 7.24. The lowest BCUT2D eigenvalue weighted by molar-refractivity contribution is 0.111. The first kappa shape index (κ1) is 15.1. The summed E-state index contributed by atoms with van der Waals surface area (Å²) in [5.74, 6) is 2.90. The summed E-state index contributed by atoms with van der Waals surface area (Å²) >= 11 is 0. The van der Waals surface area contributed by atoms with Gasteiger partial charge in [-0.2, -0.15) is 0 Å². The Kier molecular flexibility index (Phi) is 5.00. The summed E-state index contributed by atoms with van der Waals surface area (Å²) in [6.45, 7) is 2.23. The molecule has 0 amide bonds. The zero-order valence-corrected chi connectivity index (χ0v) is 13.8. The van der Waals surface area contributed by atoms with E-state index < -0.39 is 0 Å². The van der Waals surface area contributed by atoms with Crippen LogP contribution < -0.4 is 5.32 Å². The second-order valence-electron chi connectivity index (χ2n) is 7.24. The van der Waals surface area contributed by atoms with Crippen LogP contribution in [0.5, 0.6) is 0 Å². The van der Waals surface area contributed by atoms with E-state index in [0.29, 0.717) is 6.04 Å². The highest BCUT2D eigenvalue weighted by Crippen LogP contribution is 2.46. The number of nitrogens with one attached hydrogen (secondary N) is 1. The normalized spacial score (nSPS) is 30.7. The van der Waals surface area contributed by atoms with Gasteiger partial charge in [-0.3, -0.25) is 0 Å². The van der Waals surface area contributed by atoms with Gasteiger partial charge in [0.2, 0.25) is 0 Å². The molecule has 4 unspecified atom stereocenters. The van der Waals surface area contributed by atoms with Gasteiger partial charge in [0.15, 0.2) is 0 Å². The highest BCUT2D eigenvalue weighted by atomic mass is 14.9. The predicted octanol–water partition coefficient (Wildman–Crippen LogP) is 5.12. The molecule has 0 aliphatic heterocycles. The van der Waals surface area contributed by atoms with E-state index in [-0.39, 0.29) is 0 Å². The summed E-state index contributed by atoms with van der Waals surface area (Å²) < 4.78 is 0. The molecule has 2 saturated carbocycles. The molecule has 0 aromatic heterocycles. The van der Waals surface area contributed by atoms with Gasteiger partial charge in [0, 0.05) is 6.04 Å². The summed E-state index contributed by atoms with van der Waals surface area (Å²) in [7, 11) is 2.14. The van der Waals surface area contributed by atoms with Gasteiger partial charge in [0.1, 0.15) is 0 Å². The molecular formula is C20H31N. The molecule has 0 saturated heterocycles. The third-order valence-electron chi connectivity index (χ3n) is 6.11. The first-order chi connectivity index (χ1) is 10.3. The molecule has 1 aromatic rings. The lowest BCUT2D eigenvalue weighted by Crippen LogP contribution is -2.34. The highest BCUT2D eigenvalue weighted by molar-refractivity contribution is 5.25. The van der Waals surface area contributed by atoms with E-state index in [9.17, 15) is 0 Å². The van der Waals surface area contributed by atoms with Crippen LogP contribution in [-0.2, 0) is 6.42 Å². The molecule has 1 nitrogen and oxygen atoms in total. The van der Waals surface area contributed by atoms with Gasteiger partial charge < -0.3 is 5.32 Å². The fourth-order valence-electron chi connectivity index (χ4n) is 4.85.